The van der Waals surface area contributed by atoms with Crippen LogP contribution in [0.25, 0.3) is 0 Å². The van der Waals surface area contributed by atoms with Gasteiger partial charge >= 0.3 is 6.03 Å². The summed E-state index contributed by atoms with van der Waals surface area (Å²) in [5.41, 5.74) is 3.49. The molecular weight excluding hydrogens is 258 g/mol. The van der Waals surface area contributed by atoms with Crippen molar-refractivity contribution in [2.75, 3.05) is 5.32 Å². The molecule has 0 saturated heterocycles. The Bertz CT molecular complexity index is 627. The fraction of sp³-hybridized carbons (Fsp3) is 0. The average molecular weight is 271 g/mol. The monoisotopic (exact) mass is 271 g/mol. The van der Waals surface area contributed by atoms with E-state index in [-0.39, 0.29) is 11.5 Å². The first-order valence-corrected chi connectivity index (χ1v) is 5.82. The Kier molecular flexibility index (Phi) is 4.18. The molecule has 0 saturated carbocycles. The third-order valence-corrected chi connectivity index (χ3v) is 2.41. The third kappa shape index (κ3) is 3.74. The van der Waals surface area contributed by atoms with Gasteiger partial charge in [-0.1, -0.05) is 18.2 Å². The zero-order chi connectivity index (χ0) is 14.4. The molecule has 0 bridgehead atoms. The molecule has 2 aromatic rings. The fourth-order valence-corrected chi connectivity index (χ4v) is 1.47. The molecule has 2 aromatic carbocycles. The van der Waals surface area contributed by atoms with Crippen molar-refractivity contribution in [2.24, 2.45) is 5.10 Å². The van der Waals surface area contributed by atoms with Crippen LogP contribution in [-0.4, -0.2) is 22.5 Å². The minimum absolute atomic E-state index is 0.211. The number of hydrogen-bond acceptors (Lipinski definition) is 4. The number of carbonyl (C=O) groups excluding carboxylic acids is 1. The number of hydrogen-bond donors (Lipinski definition) is 4. The molecule has 4 N–H and O–H groups in total. The van der Waals surface area contributed by atoms with Gasteiger partial charge in [-0.15, -0.1) is 0 Å². The molecule has 20 heavy (non-hydrogen) atoms. The lowest BCUT2D eigenvalue weighted by Gasteiger charge is -2.03. The summed E-state index contributed by atoms with van der Waals surface area (Å²) >= 11 is 0. The number of carbonyl (C=O) groups is 1. The quantitative estimate of drug-likeness (QED) is 0.392. The van der Waals surface area contributed by atoms with Crippen LogP contribution >= 0.6 is 0 Å². The Morgan fingerprint density at radius 2 is 1.80 bits per heavy atom. The minimum Gasteiger partial charge on any atom is -0.504 e. The van der Waals surface area contributed by atoms with Gasteiger partial charge in [0.15, 0.2) is 11.5 Å². The van der Waals surface area contributed by atoms with Crippen LogP contribution in [0.4, 0.5) is 10.5 Å². The van der Waals surface area contributed by atoms with Gasteiger partial charge in [0.05, 0.1) is 6.21 Å². The fourth-order valence-electron chi connectivity index (χ4n) is 1.47. The van der Waals surface area contributed by atoms with Crippen LogP contribution in [0.5, 0.6) is 11.5 Å². The van der Waals surface area contributed by atoms with Gasteiger partial charge in [0.1, 0.15) is 0 Å². The first-order valence-electron chi connectivity index (χ1n) is 5.82. The molecule has 0 aliphatic rings. The normalized spacial score (nSPS) is 10.4. The molecule has 6 heteroatoms. The van der Waals surface area contributed by atoms with E-state index in [1.807, 2.05) is 6.07 Å². The van der Waals surface area contributed by atoms with E-state index in [0.717, 1.165) is 0 Å². The zero-order valence-electron chi connectivity index (χ0n) is 10.4. The number of nitrogens with one attached hydrogen (secondary N) is 2. The van der Waals surface area contributed by atoms with E-state index in [2.05, 4.69) is 15.8 Å². The van der Waals surface area contributed by atoms with Crippen LogP contribution in [0.1, 0.15) is 5.56 Å². The molecule has 6 nitrogen and oxygen atoms in total. The number of phenols is 2. The molecule has 2 amide bonds. The maximum absolute atomic E-state index is 11.5. The van der Waals surface area contributed by atoms with Crippen molar-refractivity contribution in [3.05, 3.63) is 54.1 Å². The molecule has 0 aromatic heterocycles. The van der Waals surface area contributed by atoms with Crippen LogP contribution in [0, 0.1) is 0 Å². The number of para-hydroxylation sites is 1. The van der Waals surface area contributed by atoms with Gasteiger partial charge in [-0.2, -0.15) is 5.10 Å². The van der Waals surface area contributed by atoms with Crippen molar-refractivity contribution in [3.8, 4) is 11.5 Å². The van der Waals surface area contributed by atoms with Crippen LogP contribution in [-0.2, 0) is 0 Å². The lowest BCUT2D eigenvalue weighted by molar-refractivity contribution is 0.252. The number of phenolic OH excluding ortho intramolecular Hbond substituents is 2. The lowest BCUT2D eigenvalue weighted by Crippen LogP contribution is -2.24. The number of anilines is 1. The number of urea groups is 1. The Hall–Kier alpha value is -3.02. The molecule has 0 fully saturated rings. The molecule has 2 rings (SSSR count). The topological polar surface area (TPSA) is 94.0 Å². The minimum atomic E-state index is -0.476. The van der Waals surface area contributed by atoms with Gasteiger partial charge < -0.3 is 15.5 Å². The number of aromatic hydroxyl groups is 2. The van der Waals surface area contributed by atoms with Gasteiger partial charge in [0.25, 0.3) is 0 Å². The smallest absolute Gasteiger partial charge is 0.339 e. The number of rotatable bonds is 3. The highest BCUT2D eigenvalue weighted by molar-refractivity contribution is 5.90. The Labute approximate surface area is 115 Å². The second-order valence-electron chi connectivity index (χ2n) is 3.94. The van der Waals surface area contributed by atoms with Gasteiger partial charge in [-0.3, -0.25) is 0 Å². The van der Waals surface area contributed by atoms with Crippen molar-refractivity contribution in [3.63, 3.8) is 0 Å². The predicted octanol–water partition coefficient (Wildman–Crippen LogP) is 2.25. The van der Waals surface area contributed by atoms with Crippen molar-refractivity contribution < 1.29 is 15.0 Å². The number of hydrazone groups is 1. The van der Waals surface area contributed by atoms with Crippen LogP contribution in [0.3, 0.4) is 0 Å². The van der Waals surface area contributed by atoms with E-state index >= 15 is 0 Å². The predicted molar refractivity (Wildman–Crippen MR) is 76.0 cm³/mol. The summed E-state index contributed by atoms with van der Waals surface area (Å²) < 4.78 is 0. The number of benzene rings is 2. The Morgan fingerprint density at radius 1 is 1.05 bits per heavy atom. The van der Waals surface area contributed by atoms with Crippen molar-refractivity contribution in [2.45, 2.75) is 0 Å². The summed E-state index contributed by atoms with van der Waals surface area (Å²) in [5.74, 6) is -0.459. The lowest BCUT2D eigenvalue weighted by atomic mass is 10.2. The first kappa shape index (κ1) is 13.4. The number of amides is 2. The zero-order valence-corrected chi connectivity index (χ0v) is 10.4. The second-order valence-corrected chi connectivity index (χ2v) is 3.94. The van der Waals surface area contributed by atoms with E-state index in [0.29, 0.717) is 11.3 Å². The van der Waals surface area contributed by atoms with Gasteiger partial charge in [-0.25, -0.2) is 10.2 Å². The molecule has 0 heterocycles. The second kappa shape index (κ2) is 6.24. The number of nitrogens with zero attached hydrogens (tertiary/aromatic N) is 1. The van der Waals surface area contributed by atoms with Gasteiger partial charge in [0.2, 0.25) is 0 Å². The van der Waals surface area contributed by atoms with Crippen LogP contribution in [0.15, 0.2) is 53.6 Å². The summed E-state index contributed by atoms with van der Waals surface area (Å²) in [6.45, 7) is 0. The molecule has 0 aliphatic heterocycles. The van der Waals surface area contributed by atoms with Crippen molar-refractivity contribution in [1.82, 2.24) is 5.43 Å². The maximum Gasteiger partial charge on any atom is 0.339 e. The summed E-state index contributed by atoms with van der Waals surface area (Å²) in [5, 5.41) is 24.8. The molecule has 0 radical (unpaired) electrons. The maximum atomic E-state index is 11.5. The molecule has 102 valence electrons. The Balaban J connectivity index is 1.89. The summed E-state index contributed by atoms with van der Waals surface area (Å²) in [6.07, 6.45) is 1.35. The van der Waals surface area contributed by atoms with Crippen LogP contribution < -0.4 is 10.7 Å². The standard InChI is InChI=1S/C14H13N3O3/c18-12-7-6-10(8-13(12)19)9-15-17-14(20)16-11-4-2-1-3-5-11/h1-9,18-19H,(H2,16,17,20). The van der Waals surface area contributed by atoms with Crippen molar-refractivity contribution >= 4 is 17.9 Å². The summed E-state index contributed by atoms with van der Waals surface area (Å²) in [7, 11) is 0. The highest BCUT2D eigenvalue weighted by Crippen LogP contribution is 2.23. The largest absolute Gasteiger partial charge is 0.504 e. The van der Waals surface area contributed by atoms with E-state index < -0.39 is 6.03 Å². The molecule has 0 unspecified atom stereocenters. The molecule has 0 aliphatic carbocycles. The van der Waals surface area contributed by atoms with E-state index in [1.165, 1.54) is 18.3 Å². The Morgan fingerprint density at radius 3 is 2.50 bits per heavy atom. The van der Waals surface area contributed by atoms with E-state index in [9.17, 15) is 9.90 Å². The summed E-state index contributed by atoms with van der Waals surface area (Å²) in [4.78, 5) is 11.5. The molecular formula is C14H13N3O3. The highest BCUT2D eigenvalue weighted by atomic mass is 16.3. The molecule has 0 atom stereocenters. The van der Waals surface area contributed by atoms with Gasteiger partial charge in [-0.05, 0) is 35.9 Å². The average Bonchev–Trinajstić information content (AvgIpc) is 2.44. The van der Waals surface area contributed by atoms with Crippen LogP contribution in [0.2, 0.25) is 0 Å². The molecule has 0 spiro atoms. The highest BCUT2D eigenvalue weighted by Gasteiger charge is 2.00. The third-order valence-electron chi connectivity index (χ3n) is 2.41. The SMILES string of the molecule is O=C(NN=Cc1ccc(O)c(O)c1)Nc1ccccc1. The van der Waals surface area contributed by atoms with Crippen molar-refractivity contribution in [1.29, 1.82) is 0 Å². The van der Waals surface area contributed by atoms with E-state index in [4.69, 9.17) is 5.11 Å². The first-order chi connectivity index (χ1) is 9.65. The van der Waals surface area contributed by atoms with E-state index in [1.54, 1.807) is 30.3 Å². The summed E-state index contributed by atoms with van der Waals surface area (Å²) in [6, 6.07) is 12.7. The van der Waals surface area contributed by atoms with Gasteiger partial charge in [0, 0.05) is 5.69 Å².